The Morgan fingerprint density at radius 3 is 2.59 bits per heavy atom. The average molecular weight is 560 g/mol. The second-order valence-electron chi connectivity index (χ2n) is 9.40. The highest BCUT2D eigenvalue weighted by molar-refractivity contribution is 8.26. The van der Waals surface area contributed by atoms with Crippen LogP contribution in [0.2, 0.25) is 0 Å². The van der Waals surface area contributed by atoms with Gasteiger partial charge in [0.2, 0.25) is 0 Å². The van der Waals surface area contributed by atoms with E-state index in [9.17, 15) is 9.59 Å². The number of hydrogen-bond donors (Lipinski definition) is 2. The first-order valence-electron chi connectivity index (χ1n) is 12.7. The Morgan fingerprint density at radius 2 is 1.85 bits per heavy atom. The van der Waals surface area contributed by atoms with Gasteiger partial charge in [0, 0.05) is 37.8 Å². The Morgan fingerprint density at radius 1 is 1.10 bits per heavy atom. The zero-order chi connectivity index (χ0) is 27.2. The number of aliphatic carboxylic acids is 1. The molecule has 3 aromatic rings. The molecule has 2 aliphatic rings. The second-order valence-corrected chi connectivity index (χ2v) is 11.1. The molecule has 7 nitrogen and oxygen atoms in total. The summed E-state index contributed by atoms with van der Waals surface area (Å²) in [4.78, 5) is 28.0. The summed E-state index contributed by atoms with van der Waals surface area (Å²) in [6, 6.07) is 26.7. The Bertz CT molecular complexity index is 1380. The molecule has 0 bridgehead atoms. The van der Waals surface area contributed by atoms with Gasteiger partial charge in [-0.05, 0) is 34.9 Å². The van der Waals surface area contributed by atoms with E-state index in [0.717, 1.165) is 58.7 Å². The van der Waals surface area contributed by atoms with Gasteiger partial charge < -0.3 is 15.2 Å². The van der Waals surface area contributed by atoms with Crippen molar-refractivity contribution in [3.63, 3.8) is 0 Å². The van der Waals surface area contributed by atoms with E-state index < -0.39 is 12.5 Å². The summed E-state index contributed by atoms with van der Waals surface area (Å²) in [5.41, 5.74) is 4.19. The van der Waals surface area contributed by atoms with Crippen LogP contribution in [0, 0.1) is 0 Å². The molecular formula is C30H29N3O4S2. The predicted octanol–water partition coefficient (Wildman–Crippen LogP) is 4.70. The highest BCUT2D eigenvalue weighted by Gasteiger charge is 2.33. The molecule has 39 heavy (non-hydrogen) atoms. The van der Waals surface area contributed by atoms with E-state index in [0.29, 0.717) is 18.1 Å². The fraction of sp³-hybridized carbons (Fsp3) is 0.233. The molecule has 0 radical (unpaired) electrons. The van der Waals surface area contributed by atoms with E-state index in [2.05, 4.69) is 34.5 Å². The third-order valence-electron chi connectivity index (χ3n) is 6.70. The summed E-state index contributed by atoms with van der Waals surface area (Å²) in [6.45, 7) is 3.32. The van der Waals surface area contributed by atoms with Crippen LogP contribution in [0.5, 0.6) is 5.75 Å². The van der Waals surface area contributed by atoms with Crippen molar-refractivity contribution in [2.45, 2.75) is 19.2 Å². The van der Waals surface area contributed by atoms with Crippen LogP contribution in [0.25, 0.3) is 6.08 Å². The molecule has 0 spiro atoms. The molecule has 9 heteroatoms. The topological polar surface area (TPSA) is 82.1 Å². The van der Waals surface area contributed by atoms with Gasteiger partial charge in [-0.3, -0.25) is 19.4 Å². The maximum absolute atomic E-state index is 12.8. The lowest BCUT2D eigenvalue weighted by atomic mass is 10.0. The number of carbonyl (C=O) groups is 2. The third-order valence-corrected chi connectivity index (χ3v) is 8.08. The van der Waals surface area contributed by atoms with Crippen LogP contribution in [0.3, 0.4) is 0 Å². The van der Waals surface area contributed by atoms with E-state index >= 15 is 0 Å². The van der Waals surface area contributed by atoms with Crippen molar-refractivity contribution in [1.29, 1.82) is 0 Å². The lowest BCUT2D eigenvalue weighted by Crippen LogP contribution is -2.45. The molecule has 2 N–H and O–H groups in total. The summed E-state index contributed by atoms with van der Waals surface area (Å²) >= 11 is 6.38. The molecule has 1 unspecified atom stereocenters. The monoisotopic (exact) mass is 559 g/mol. The SMILES string of the molecule is O=C(O)CN1C(=O)C(=Cc2ccc(OCc3ccccc3)c(CN3CCNCC3c3ccccc3)c2)SC1=S. The van der Waals surface area contributed by atoms with E-state index in [1.165, 1.54) is 5.56 Å². The van der Waals surface area contributed by atoms with Crippen LogP contribution in [-0.2, 0) is 22.7 Å². The van der Waals surface area contributed by atoms with Crippen molar-refractivity contribution >= 4 is 46.3 Å². The molecule has 2 aliphatic heterocycles. The first-order chi connectivity index (χ1) is 19.0. The molecule has 200 valence electrons. The average Bonchev–Trinajstić information content (AvgIpc) is 3.21. The molecule has 3 aromatic carbocycles. The van der Waals surface area contributed by atoms with Crippen LogP contribution < -0.4 is 10.1 Å². The molecule has 0 aromatic heterocycles. The largest absolute Gasteiger partial charge is 0.489 e. The Labute approximate surface area is 237 Å². The van der Waals surface area contributed by atoms with Crippen molar-refractivity contribution in [2.75, 3.05) is 26.2 Å². The smallest absolute Gasteiger partial charge is 0.323 e. The molecule has 1 atom stereocenters. The van der Waals surface area contributed by atoms with Crippen LogP contribution in [0.4, 0.5) is 0 Å². The van der Waals surface area contributed by atoms with Crippen LogP contribution in [0.15, 0.2) is 83.8 Å². The van der Waals surface area contributed by atoms with Crippen LogP contribution >= 0.6 is 24.0 Å². The lowest BCUT2D eigenvalue weighted by Gasteiger charge is -2.37. The van der Waals surface area contributed by atoms with Gasteiger partial charge in [-0.25, -0.2) is 0 Å². The van der Waals surface area contributed by atoms with Gasteiger partial charge in [-0.2, -0.15) is 0 Å². The van der Waals surface area contributed by atoms with Crippen LogP contribution in [0.1, 0.15) is 28.3 Å². The number of nitrogens with one attached hydrogen (secondary N) is 1. The van der Waals surface area contributed by atoms with Crippen molar-refractivity contribution < 1.29 is 19.4 Å². The molecule has 2 heterocycles. The zero-order valence-electron chi connectivity index (χ0n) is 21.3. The van der Waals surface area contributed by atoms with E-state index in [4.69, 9.17) is 22.1 Å². The van der Waals surface area contributed by atoms with E-state index in [-0.39, 0.29) is 16.3 Å². The highest BCUT2D eigenvalue weighted by Crippen LogP contribution is 2.34. The van der Waals surface area contributed by atoms with Crippen LogP contribution in [-0.4, -0.2) is 57.3 Å². The second kappa shape index (κ2) is 12.6. The molecular weight excluding hydrogens is 530 g/mol. The number of thiocarbonyl (C=S) groups is 1. The van der Waals surface area contributed by atoms with Crippen molar-refractivity contribution in [1.82, 2.24) is 15.1 Å². The maximum Gasteiger partial charge on any atom is 0.323 e. The van der Waals surface area contributed by atoms with E-state index in [1.807, 2.05) is 54.6 Å². The Kier molecular flexibility index (Phi) is 8.73. The maximum atomic E-state index is 12.8. The quantitative estimate of drug-likeness (QED) is 0.289. The summed E-state index contributed by atoms with van der Waals surface area (Å²) in [5, 5.41) is 12.7. The summed E-state index contributed by atoms with van der Waals surface area (Å²) < 4.78 is 6.55. The first-order valence-corrected chi connectivity index (χ1v) is 14.0. The fourth-order valence-corrected chi connectivity index (χ4v) is 6.03. The molecule has 1 amide bonds. The molecule has 2 fully saturated rings. The Hall–Kier alpha value is -3.50. The first kappa shape index (κ1) is 27.1. The highest BCUT2D eigenvalue weighted by atomic mass is 32.2. The van der Waals surface area contributed by atoms with Gasteiger partial charge in [-0.15, -0.1) is 0 Å². The number of ether oxygens (including phenoxy) is 1. The number of amides is 1. The van der Waals surface area contributed by atoms with Gasteiger partial charge >= 0.3 is 5.97 Å². The van der Waals surface area contributed by atoms with Gasteiger partial charge in [-0.1, -0.05) is 90.7 Å². The number of thioether (sulfide) groups is 1. The minimum Gasteiger partial charge on any atom is -0.489 e. The summed E-state index contributed by atoms with van der Waals surface area (Å²) in [6.07, 6.45) is 1.78. The zero-order valence-corrected chi connectivity index (χ0v) is 22.9. The fourth-order valence-electron chi connectivity index (χ4n) is 4.77. The summed E-state index contributed by atoms with van der Waals surface area (Å²) in [7, 11) is 0. The molecule has 0 aliphatic carbocycles. The number of rotatable bonds is 9. The van der Waals surface area contributed by atoms with Crippen molar-refractivity contribution in [3.05, 3.63) is 106 Å². The van der Waals surface area contributed by atoms with E-state index in [1.54, 1.807) is 6.08 Å². The summed E-state index contributed by atoms with van der Waals surface area (Å²) in [5.74, 6) is -0.692. The standard InChI is InChI=1S/C30H29N3O4S2/c34-28(35)19-33-29(36)27(39-30(33)38)16-22-11-12-26(37-20-21-7-3-1-4-8-21)24(15-22)18-32-14-13-31-17-25(32)23-9-5-2-6-10-23/h1-12,15-16,25,31H,13-14,17-20H2,(H,34,35). The minimum atomic E-state index is -1.10. The molecule has 5 rings (SSSR count). The number of hydrogen-bond acceptors (Lipinski definition) is 7. The number of carboxylic acids is 1. The number of nitrogens with zero attached hydrogens (tertiary/aromatic N) is 2. The lowest BCUT2D eigenvalue weighted by molar-refractivity contribution is -0.140. The minimum absolute atomic E-state index is 0.220. The van der Waals surface area contributed by atoms with Gasteiger partial charge in [0.25, 0.3) is 5.91 Å². The van der Waals surface area contributed by atoms with Crippen molar-refractivity contribution in [3.8, 4) is 5.75 Å². The number of carbonyl (C=O) groups excluding carboxylic acids is 1. The van der Waals surface area contributed by atoms with Gasteiger partial charge in [0.1, 0.15) is 23.2 Å². The predicted molar refractivity (Wildman–Crippen MR) is 157 cm³/mol. The normalized spacial score (nSPS) is 19.0. The molecule has 2 saturated heterocycles. The molecule has 0 saturated carbocycles. The third kappa shape index (κ3) is 6.75. The number of carboxylic acid groups (broad SMARTS) is 1. The Balaban J connectivity index is 1.43. The van der Waals surface area contributed by atoms with Gasteiger partial charge in [0.15, 0.2) is 0 Å². The number of benzene rings is 3. The van der Waals surface area contributed by atoms with Gasteiger partial charge in [0.05, 0.1) is 4.91 Å². The number of piperazine rings is 1. The van der Waals surface area contributed by atoms with Crippen molar-refractivity contribution in [2.24, 2.45) is 0 Å².